The van der Waals surface area contributed by atoms with Crippen LogP contribution in [-0.4, -0.2) is 13.2 Å². The maximum absolute atomic E-state index is 6.09. The van der Waals surface area contributed by atoms with Gasteiger partial charge in [0.2, 0.25) is 0 Å². The Hall–Kier alpha value is -1.80. The van der Waals surface area contributed by atoms with E-state index >= 15 is 0 Å². The van der Waals surface area contributed by atoms with Crippen molar-refractivity contribution in [2.45, 2.75) is 104 Å². The number of hydrogen-bond acceptors (Lipinski definition) is 2. The van der Waals surface area contributed by atoms with Crippen LogP contribution >= 0.6 is 0 Å². The Bertz CT molecular complexity index is 690. The zero-order chi connectivity index (χ0) is 22.9. The molecule has 32 heavy (non-hydrogen) atoms. The van der Waals surface area contributed by atoms with E-state index in [1.54, 1.807) is 0 Å². The quantitative estimate of drug-likeness (QED) is 0.216. The summed E-state index contributed by atoms with van der Waals surface area (Å²) >= 11 is 0. The predicted octanol–water partition coefficient (Wildman–Crippen LogP) is 9.53. The predicted molar refractivity (Wildman–Crippen MR) is 138 cm³/mol. The lowest BCUT2D eigenvalue weighted by Gasteiger charge is -2.14. The van der Waals surface area contributed by atoms with E-state index in [-0.39, 0.29) is 6.10 Å². The second-order valence-corrected chi connectivity index (χ2v) is 9.04. The molecule has 2 aromatic rings. The first kappa shape index (κ1) is 26.5. The van der Waals surface area contributed by atoms with Crippen molar-refractivity contribution >= 4 is 0 Å². The summed E-state index contributed by atoms with van der Waals surface area (Å²) < 4.78 is 11.8. The van der Waals surface area contributed by atoms with Crippen molar-refractivity contribution in [2.75, 3.05) is 13.2 Å². The van der Waals surface area contributed by atoms with E-state index in [1.807, 2.05) is 0 Å². The molecular weight excluding hydrogens is 392 g/mol. The van der Waals surface area contributed by atoms with Gasteiger partial charge in [-0.15, -0.1) is 0 Å². The molecule has 0 radical (unpaired) electrons. The minimum absolute atomic E-state index is 0.150. The molecule has 0 saturated carbocycles. The van der Waals surface area contributed by atoms with Gasteiger partial charge < -0.3 is 9.47 Å². The van der Waals surface area contributed by atoms with E-state index in [1.165, 1.54) is 87.3 Å². The molecule has 1 unspecified atom stereocenters. The highest BCUT2D eigenvalue weighted by molar-refractivity contribution is 5.64. The molecule has 1 atom stereocenters. The highest BCUT2D eigenvalue weighted by Gasteiger charge is 2.06. The molecule has 0 aromatic heterocycles. The number of ether oxygens (including phenoxy) is 2. The summed E-state index contributed by atoms with van der Waals surface area (Å²) in [7, 11) is 0. The van der Waals surface area contributed by atoms with Crippen molar-refractivity contribution < 1.29 is 9.47 Å². The fourth-order valence-electron chi connectivity index (χ4n) is 4.03. The standard InChI is InChI=1S/C30H46O2/c1-4-6-7-8-9-10-11-12-13-14-15-25-31-26(3)27-16-18-28(19-17-27)29-20-22-30(23-21-29)32-24-5-2/h16-23,26H,4-15,24-25H2,1-3H3. The maximum Gasteiger partial charge on any atom is 0.119 e. The van der Waals surface area contributed by atoms with Crippen LogP contribution in [0.5, 0.6) is 5.75 Å². The fourth-order valence-corrected chi connectivity index (χ4v) is 4.03. The summed E-state index contributed by atoms with van der Waals surface area (Å²) in [5, 5.41) is 0. The molecule has 0 aliphatic carbocycles. The highest BCUT2D eigenvalue weighted by Crippen LogP contribution is 2.25. The van der Waals surface area contributed by atoms with E-state index in [0.29, 0.717) is 0 Å². The lowest BCUT2D eigenvalue weighted by molar-refractivity contribution is 0.0627. The molecule has 178 valence electrons. The minimum Gasteiger partial charge on any atom is -0.494 e. The minimum atomic E-state index is 0.150. The molecule has 2 rings (SSSR count). The summed E-state index contributed by atoms with van der Waals surface area (Å²) in [6.45, 7) is 8.20. The largest absolute Gasteiger partial charge is 0.494 e. The van der Waals surface area contributed by atoms with Gasteiger partial charge in [-0.1, -0.05) is 114 Å². The molecule has 2 nitrogen and oxygen atoms in total. The molecule has 0 heterocycles. The number of hydrogen-bond donors (Lipinski definition) is 0. The lowest BCUT2D eigenvalue weighted by Crippen LogP contribution is -2.01. The van der Waals surface area contributed by atoms with Crippen LogP contribution in [0.4, 0.5) is 0 Å². The van der Waals surface area contributed by atoms with E-state index in [9.17, 15) is 0 Å². The first-order valence-corrected chi connectivity index (χ1v) is 13.2. The van der Waals surface area contributed by atoms with Crippen LogP contribution < -0.4 is 4.74 Å². The summed E-state index contributed by atoms with van der Waals surface area (Å²) in [6, 6.07) is 17.2. The van der Waals surface area contributed by atoms with Crippen molar-refractivity contribution in [3.05, 3.63) is 54.1 Å². The molecule has 0 fully saturated rings. The molecular formula is C30H46O2. The SMILES string of the molecule is CCCCCCCCCCCCCOC(C)c1ccc(-c2ccc(OCCC)cc2)cc1. The van der Waals surface area contributed by atoms with Gasteiger partial charge in [0.15, 0.2) is 0 Å². The van der Waals surface area contributed by atoms with Crippen LogP contribution in [0.2, 0.25) is 0 Å². The molecule has 0 N–H and O–H groups in total. The van der Waals surface area contributed by atoms with Crippen molar-refractivity contribution in [3.8, 4) is 16.9 Å². The normalized spacial score (nSPS) is 12.1. The van der Waals surface area contributed by atoms with Crippen LogP contribution in [0.1, 0.15) is 109 Å². The average molecular weight is 439 g/mol. The average Bonchev–Trinajstić information content (AvgIpc) is 2.83. The van der Waals surface area contributed by atoms with Crippen molar-refractivity contribution in [1.82, 2.24) is 0 Å². The second kappa shape index (κ2) is 16.8. The summed E-state index contributed by atoms with van der Waals surface area (Å²) in [5.74, 6) is 0.941. The molecule has 0 amide bonds. The van der Waals surface area contributed by atoms with Gasteiger partial charge in [0.25, 0.3) is 0 Å². The van der Waals surface area contributed by atoms with E-state index in [2.05, 4.69) is 69.3 Å². The third-order valence-corrected chi connectivity index (χ3v) is 6.16. The smallest absolute Gasteiger partial charge is 0.119 e. The molecule has 0 aliphatic heterocycles. The van der Waals surface area contributed by atoms with Crippen molar-refractivity contribution in [2.24, 2.45) is 0 Å². The highest BCUT2D eigenvalue weighted by atomic mass is 16.5. The third kappa shape index (κ3) is 10.7. The zero-order valence-electron chi connectivity index (χ0n) is 20.9. The van der Waals surface area contributed by atoms with Gasteiger partial charge in [0.05, 0.1) is 12.7 Å². The van der Waals surface area contributed by atoms with Gasteiger partial charge >= 0.3 is 0 Å². The Morgan fingerprint density at radius 3 is 1.59 bits per heavy atom. The van der Waals surface area contributed by atoms with Crippen molar-refractivity contribution in [3.63, 3.8) is 0 Å². The molecule has 0 saturated heterocycles. The Morgan fingerprint density at radius 2 is 1.06 bits per heavy atom. The van der Waals surface area contributed by atoms with Crippen LogP contribution in [-0.2, 0) is 4.74 Å². The van der Waals surface area contributed by atoms with Gasteiger partial charge in [-0.2, -0.15) is 0 Å². The number of unbranched alkanes of at least 4 members (excludes halogenated alkanes) is 10. The van der Waals surface area contributed by atoms with E-state index in [4.69, 9.17) is 9.47 Å². The maximum atomic E-state index is 6.09. The molecule has 0 aliphatic rings. The van der Waals surface area contributed by atoms with Gasteiger partial charge in [-0.3, -0.25) is 0 Å². The summed E-state index contributed by atoms with van der Waals surface area (Å²) in [5.41, 5.74) is 3.70. The summed E-state index contributed by atoms with van der Waals surface area (Å²) in [4.78, 5) is 0. The molecule has 0 spiro atoms. The zero-order valence-corrected chi connectivity index (χ0v) is 20.9. The molecule has 0 bridgehead atoms. The monoisotopic (exact) mass is 438 g/mol. The van der Waals surface area contributed by atoms with E-state index < -0.39 is 0 Å². The Balaban J connectivity index is 1.58. The van der Waals surface area contributed by atoms with Crippen LogP contribution in [0, 0.1) is 0 Å². The number of benzene rings is 2. The van der Waals surface area contributed by atoms with Gasteiger partial charge in [-0.05, 0) is 48.6 Å². The topological polar surface area (TPSA) is 18.5 Å². The first-order valence-electron chi connectivity index (χ1n) is 13.2. The first-order chi connectivity index (χ1) is 15.7. The third-order valence-electron chi connectivity index (χ3n) is 6.16. The van der Waals surface area contributed by atoms with Gasteiger partial charge in [-0.25, -0.2) is 0 Å². The van der Waals surface area contributed by atoms with Gasteiger partial charge in [0, 0.05) is 6.61 Å². The number of rotatable bonds is 18. The fraction of sp³-hybridized carbons (Fsp3) is 0.600. The van der Waals surface area contributed by atoms with Gasteiger partial charge in [0.1, 0.15) is 5.75 Å². The Kier molecular flexibility index (Phi) is 13.9. The Morgan fingerprint density at radius 1 is 0.562 bits per heavy atom. The van der Waals surface area contributed by atoms with Crippen molar-refractivity contribution in [1.29, 1.82) is 0 Å². The molecule has 2 heteroatoms. The lowest BCUT2D eigenvalue weighted by atomic mass is 10.0. The van der Waals surface area contributed by atoms with Crippen LogP contribution in [0.15, 0.2) is 48.5 Å². The van der Waals surface area contributed by atoms with Crippen LogP contribution in [0.3, 0.4) is 0 Å². The van der Waals surface area contributed by atoms with E-state index in [0.717, 1.165) is 25.4 Å². The molecule has 2 aromatic carbocycles. The summed E-state index contributed by atoms with van der Waals surface area (Å²) in [6.07, 6.45) is 16.2. The Labute approximate surface area is 197 Å². The second-order valence-electron chi connectivity index (χ2n) is 9.04. The van der Waals surface area contributed by atoms with Crippen LogP contribution in [0.25, 0.3) is 11.1 Å².